The van der Waals surface area contributed by atoms with Crippen molar-refractivity contribution in [2.75, 3.05) is 18.2 Å². The maximum atomic E-state index is 5.19. The smallest absolute Gasteiger partial charge is 0.119 e. The first-order valence-corrected chi connectivity index (χ1v) is 8.51. The van der Waals surface area contributed by atoms with Crippen LogP contribution in [0.15, 0.2) is 71.6 Å². The summed E-state index contributed by atoms with van der Waals surface area (Å²) in [5.41, 5.74) is 1.12. The Morgan fingerprint density at radius 2 is 1.82 bits per heavy atom. The van der Waals surface area contributed by atoms with Gasteiger partial charge in [-0.15, -0.1) is 11.8 Å². The second-order valence-corrected chi connectivity index (χ2v) is 6.12. The van der Waals surface area contributed by atoms with Crippen molar-refractivity contribution in [2.45, 2.75) is 24.3 Å². The highest BCUT2D eigenvalue weighted by molar-refractivity contribution is 7.99. The number of methoxy groups -OCH3 is 1. The van der Waals surface area contributed by atoms with E-state index in [0.717, 1.165) is 23.6 Å². The van der Waals surface area contributed by atoms with Crippen molar-refractivity contribution in [3.8, 4) is 5.75 Å². The normalized spacial score (nSPS) is 12.3. The Morgan fingerprint density at radius 3 is 2.45 bits per heavy atom. The van der Waals surface area contributed by atoms with Crippen LogP contribution >= 0.6 is 11.8 Å². The molecule has 0 saturated carbocycles. The quantitative estimate of drug-likeness (QED) is 0.532. The average molecular weight is 313 g/mol. The highest BCUT2D eigenvalue weighted by atomic mass is 32.2. The molecule has 0 spiro atoms. The lowest BCUT2D eigenvalue weighted by atomic mass is 10.2. The van der Waals surface area contributed by atoms with E-state index in [2.05, 4.69) is 66.9 Å². The first-order valence-electron chi connectivity index (χ1n) is 7.53. The van der Waals surface area contributed by atoms with Crippen molar-refractivity contribution < 1.29 is 4.74 Å². The van der Waals surface area contributed by atoms with Crippen molar-refractivity contribution in [3.05, 3.63) is 66.7 Å². The first-order chi connectivity index (χ1) is 10.8. The number of rotatable bonds is 8. The Kier molecular flexibility index (Phi) is 6.91. The molecule has 0 heterocycles. The summed E-state index contributed by atoms with van der Waals surface area (Å²) in [5, 5.41) is 3.56. The van der Waals surface area contributed by atoms with Gasteiger partial charge in [-0.2, -0.15) is 0 Å². The zero-order chi connectivity index (χ0) is 15.6. The van der Waals surface area contributed by atoms with Crippen LogP contribution in [0.5, 0.6) is 5.75 Å². The molecule has 0 aliphatic heterocycles. The van der Waals surface area contributed by atoms with Crippen molar-refractivity contribution in [1.29, 1.82) is 0 Å². The van der Waals surface area contributed by atoms with Gasteiger partial charge in [-0.3, -0.25) is 0 Å². The molecule has 22 heavy (non-hydrogen) atoms. The Morgan fingerprint density at radius 1 is 1.09 bits per heavy atom. The third kappa shape index (κ3) is 5.49. The molecule has 0 aromatic heterocycles. The van der Waals surface area contributed by atoms with Gasteiger partial charge in [0.25, 0.3) is 0 Å². The van der Waals surface area contributed by atoms with Gasteiger partial charge < -0.3 is 10.1 Å². The standard InChI is InChI=1S/C19H23NOS/c1-3-7-16(14-15-22-19-8-5-4-6-9-19)20-17-10-12-18(21-2)13-11-17/h3-13,16,20H,14-15H2,1-2H3/b7-3+. The predicted molar refractivity (Wildman–Crippen MR) is 97.0 cm³/mol. The minimum Gasteiger partial charge on any atom is -0.497 e. The van der Waals surface area contributed by atoms with Crippen LogP contribution < -0.4 is 10.1 Å². The number of anilines is 1. The summed E-state index contributed by atoms with van der Waals surface area (Å²) in [6.45, 7) is 2.06. The molecule has 0 radical (unpaired) electrons. The Balaban J connectivity index is 1.86. The van der Waals surface area contributed by atoms with Gasteiger partial charge in [0.1, 0.15) is 5.75 Å². The summed E-state index contributed by atoms with van der Waals surface area (Å²) in [4.78, 5) is 1.33. The van der Waals surface area contributed by atoms with Crippen LogP contribution in [0.25, 0.3) is 0 Å². The van der Waals surface area contributed by atoms with Gasteiger partial charge in [-0.25, -0.2) is 0 Å². The molecule has 2 rings (SSSR count). The van der Waals surface area contributed by atoms with Crippen molar-refractivity contribution >= 4 is 17.4 Å². The molecule has 0 amide bonds. The molecular formula is C19H23NOS. The van der Waals surface area contributed by atoms with E-state index in [1.165, 1.54) is 4.90 Å². The zero-order valence-corrected chi connectivity index (χ0v) is 14.0. The van der Waals surface area contributed by atoms with E-state index in [-0.39, 0.29) is 0 Å². The maximum absolute atomic E-state index is 5.19. The lowest BCUT2D eigenvalue weighted by Crippen LogP contribution is -2.17. The first kappa shape index (κ1) is 16.5. The molecule has 0 aliphatic carbocycles. The SMILES string of the molecule is C/C=C/C(CCSc1ccccc1)Nc1ccc(OC)cc1. The van der Waals surface area contributed by atoms with E-state index in [1.54, 1.807) is 7.11 Å². The van der Waals surface area contributed by atoms with Gasteiger partial charge in [0.15, 0.2) is 0 Å². The highest BCUT2D eigenvalue weighted by Gasteiger charge is 2.05. The van der Waals surface area contributed by atoms with Crippen LogP contribution in [0.1, 0.15) is 13.3 Å². The maximum Gasteiger partial charge on any atom is 0.119 e. The fraction of sp³-hybridized carbons (Fsp3) is 0.263. The van der Waals surface area contributed by atoms with E-state index in [0.29, 0.717) is 6.04 Å². The fourth-order valence-electron chi connectivity index (χ4n) is 2.17. The Labute approximate surface area is 137 Å². The van der Waals surface area contributed by atoms with E-state index in [1.807, 2.05) is 23.9 Å². The second-order valence-electron chi connectivity index (χ2n) is 4.96. The number of ether oxygens (including phenoxy) is 1. The average Bonchev–Trinajstić information content (AvgIpc) is 2.57. The number of allylic oxidation sites excluding steroid dienone is 1. The largest absolute Gasteiger partial charge is 0.497 e. The third-order valence-electron chi connectivity index (χ3n) is 3.31. The minimum absolute atomic E-state index is 0.342. The molecular weight excluding hydrogens is 290 g/mol. The highest BCUT2D eigenvalue weighted by Crippen LogP contribution is 2.21. The molecule has 1 unspecified atom stereocenters. The van der Waals surface area contributed by atoms with Gasteiger partial charge in [0, 0.05) is 22.4 Å². The number of thioether (sulfide) groups is 1. The summed E-state index contributed by atoms with van der Waals surface area (Å²) in [6, 6.07) is 19.0. The van der Waals surface area contributed by atoms with Gasteiger partial charge in [0.05, 0.1) is 7.11 Å². The van der Waals surface area contributed by atoms with Crippen molar-refractivity contribution in [2.24, 2.45) is 0 Å². The number of nitrogens with one attached hydrogen (secondary N) is 1. The number of hydrogen-bond donors (Lipinski definition) is 1. The molecule has 116 valence electrons. The van der Waals surface area contributed by atoms with Gasteiger partial charge in [-0.05, 0) is 49.7 Å². The molecule has 2 aromatic rings. The monoisotopic (exact) mass is 313 g/mol. The van der Waals surface area contributed by atoms with Crippen LogP contribution in [-0.4, -0.2) is 18.9 Å². The summed E-state index contributed by atoms with van der Waals surface area (Å²) in [5.74, 6) is 1.97. The van der Waals surface area contributed by atoms with Gasteiger partial charge in [0.2, 0.25) is 0 Å². The third-order valence-corrected chi connectivity index (χ3v) is 4.35. The molecule has 2 nitrogen and oxygen atoms in total. The summed E-state index contributed by atoms with van der Waals surface area (Å²) >= 11 is 1.90. The van der Waals surface area contributed by atoms with Gasteiger partial charge in [-0.1, -0.05) is 30.4 Å². The lowest BCUT2D eigenvalue weighted by molar-refractivity contribution is 0.415. The van der Waals surface area contributed by atoms with Crippen LogP contribution in [0.3, 0.4) is 0 Å². The molecule has 0 aliphatic rings. The molecule has 0 bridgehead atoms. The number of hydrogen-bond acceptors (Lipinski definition) is 3. The summed E-state index contributed by atoms with van der Waals surface area (Å²) in [6.07, 6.45) is 5.40. The van der Waals surface area contributed by atoms with Crippen molar-refractivity contribution in [3.63, 3.8) is 0 Å². The molecule has 0 fully saturated rings. The van der Waals surface area contributed by atoms with E-state index in [9.17, 15) is 0 Å². The zero-order valence-electron chi connectivity index (χ0n) is 13.2. The van der Waals surface area contributed by atoms with Gasteiger partial charge >= 0.3 is 0 Å². The second kappa shape index (κ2) is 9.21. The van der Waals surface area contributed by atoms with E-state index >= 15 is 0 Å². The summed E-state index contributed by atoms with van der Waals surface area (Å²) in [7, 11) is 1.69. The van der Waals surface area contributed by atoms with E-state index in [4.69, 9.17) is 4.74 Å². The molecule has 1 N–H and O–H groups in total. The molecule has 2 aromatic carbocycles. The Hall–Kier alpha value is -1.87. The fourth-order valence-corrected chi connectivity index (χ4v) is 3.13. The van der Waals surface area contributed by atoms with Crippen LogP contribution in [0.2, 0.25) is 0 Å². The molecule has 0 saturated heterocycles. The topological polar surface area (TPSA) is 21.3 Å². The van der Waals surface area contributed by atoms with Crippen molar-refractivity contribution in [1.82, 2.24) is 0 Å². The van der Waals surface area contributed by atoms with Crippen LogP contribution in [-0.2, 0) is 0 Å². The van der Waals surface area contributed by atoms with Crippen LogP contribution in [0.4, 0.5) is 5.69 Å². The number of benzene rings is 2. The lowest BCUT2D eigenvalue weighted by Gasteiger charge is -2.16. The van der Waals surface area contributed by atoms with E-state index < -0.39 is 0 Å². The minimum atomic E-state index is 0.342. The predicted octanol–water partition coefficient (Wildman–Crippen LogP) is 5.23. The summed E-state index contributed by atoms with van der Waals surface area (Å²) < 4.78 is 5.19. The van der Waals surface area contributed by atoms with Crippen LogP contribution in [0, 0.1) is 0 Å². The molecule has 1 atom stereocenters. The molecule has 3 heteroatoms. The Bertz CT molecular complexity index is 566.